The Hall–Kier alpha value is -3.40. The number of halogens is 2. The van der Waals surface area contributed by atoms with E-state index < -0.39 is 6.61 Å². The molecule has 0 radical (unpaired) electrons. The van der Waals surface area contributed by atoms with Crippen LogP contribution in [-0.4, -0.2) is 25.7 Å². The summed E-state index contributed by atoms with van der Waals surface area (Å²) in [4.78, 5) is 14.1. The molecule has 2 rings (SSSR count). The topological polar surface area (TPSA) is 62.6 Å². The number of nitrogens with zero attached hydrogens (tertiary/aromatic N) is 2. The van der Waals surface area contributed by atoms with E-state index in [0.717, 1.165) is 0 Å². The van der Waals surface area contributed by atoms with E-state index in [1.807, 2.05) is 13.0 Å². The summed E-state index contributed by atoms with van der Waals surface area (Å²) in [6, 6.07) is 15.1. The lowest BCUT2D eigenvalue weighted by molar-refractivity contribution is -0.114. The zero-order valence-corrected chi connectivity index (χ0v) is 15.3. The number of rotatable bonds is 9. The summed E-state index contributed by atoms with van der Waals surface area (Å²) in [5, 5.41) is 8.87. The fourth-order valence-corrected chi connectivity index (χ4v) is 2.49. The van der Waals surface area contributed by atoms with E-state index in [-0.39, 0.29) is 24.6 Å². The molecule has 0 heterocycles. The van der Waals surface area contributed by atoms with Gasteiger partial charge in [-0.05, 0) is 43.3 Å². The van der Waals surface area contributed by atoms with Crippen LogP contribution in [0.1, 0.15) is 18.9 Å². The highest BCUT2D eigenvalue weighted by molar-refractivity contribution is 6.04. The van der Waals surface area contributed by atoms with Crippen molar-refractivity contribution in [3.63, 3.8) is 0 Å². The van der Waals surface area contributed by atoms with Gasteiger partial charge in [0.2, 0.25) is 0 Å². The third-order valence-corrected chi connectivity index (χ3v) is 3.71. The molecule has 0 unspecified atom stereocenters. The van der Waals surface area contributed by atoms with Crippen LogP contribution in [0.15, 0.2) is 54.6 Å². The van der Waals surface area contributed by atoms with Gasteiger partial charge in [0.05, 0.1) is 19.1 Å². The van der Waals surface area contributed by atoms with Gasteiger partial charge in [0.1, 0.15) is 11.5 Å². The average molecular weight is 386 g/mol. The van der Waals surface area contributed by atoms with Crippen LogP contribution < -0.4 is 14.4 Å². The van der Waals surface area contributed by atoms with Crippen molar-refractivity contribution in [2.75, 3.05) is 18.1 Å². The maximum atomic E-state index is 12.7. The SMILES string of the molecule is CCOc1ccc(N(CCC#N)C(=O)/C=C/c2ccccc2OC(F)F)cc1. The molecule has 1 amide bonds. The number of benzene rings is 2. The summed E-state index contributed by atoms with van der Waals surface area (Å²) in [6.45, 7) is -0.361. The molecule has 146 valence electrons. The second-order valence-electron chi connectivity index (χ2n) is 5.57. The normalized spacial score (nSPS) is 10.7. The molecule has 0 atom stereocenters. The standard InChI is InChI=1S/C21H20F2N2O3/c1-2-27-18-11-9-17(10-12-18)25(15-5-14-24)20(26)13-8-16-6-3-4-7-19(16)28-21(22)23/h3-4,6-13,21H,2,5,15H2,1H3/b13-8+. The fraction of sp³-hybridized carbons (Fsp3) is 0.238. The third kappa shape index (κ3) is 6.09. The number of ether oxygens (including phenoxy) is 2. The van der Waals surface area contributed by atoms with E-state index in [0.29, 0.717) is 23.6 Å². The molecule has 0 aliphatic heterocycles. The van der Waals surface area contributed by atoms with E-state index in [1.54, 1.807) is 42.5 Å². The Morgan fingerprint density at radius 3 is 2.57 bits per heavy atom. The summed E-state index contributed by atoms with van der Waals surface area (Å²) < 4.78 is 34.9. The Bertz CT molecular complexity index is 845. The van der Waals surface area contributed by atoms with Crippen molar-refractivity contribution in [2.24, 2.45) is 0 Å². The maximum absolute atomic E-state index is 12.7. The summed E-state index contributed by atoms with van der Waals surface area (Å²) >= 11 is 0. The molecule has 2 aromatic carbocycles. The smallest absolute Gasteiger partial charge is 0.387 e. The highest BCUT2D eigenvalue weighted by Gasteiger charge is 2.14. The van der Waals surface area contributed by atoms with Gasteiger partial charge in [-0.3, -0.25) is 4.79 Å². The third-order valence-electron chi connectivity index (χ3n) is 3.71. The summed E-state index contributed by atoms with van der Waals surface area (Å²) in [5.41, 5.74) is 0.952. The number of amides is 1. The first-order chi connectivity index (χ1) is 13.5. The van der Waals surface area contributed by atoms with E-state index in [9.17, 15) is 13.6 Å². The molecular weight excluding hydrogens is 366 g/mol. The number of carbonyl (C=O) groups is 1. The Balaban J connectivity index is 2.21. The molecule has 2 aromatic rings. The molecule has 0 bridgehead atoms. The van der Waals surface area contributed by atoms with Crippen LogP contribution in [0.5, 0.6) is 11.5 Å². The second-order valence-corrected chi connectivity index (χ2v) is 5.57. The zero-order chi connectivity index (χ0) is 20.4. The van der Waals surface area contributed by atoms with Gasteiger partial charge in [-0.2, -0.15) is 14.0 Å². The molecule has 0 spiro atoms. The Kier molecular flexibility index (Phi) is 7.97. The molecule has 7 heteroatoms. The lowest BCUT2D eigenvalue weighted by Crippen LogP contribution is -2.30. The van der Waals surface area contributed by atoms with Gasteiger partial charge in [0, 0.05) is 23.9 Å². The molecule has 0 fully saturated rings. The van der Waals surface area contributed by atoms with Crippen LogP contribution in [0.4, 0.5) is 14.5 Å². The lowest BCUT2D eigenvalue weighted by Gasteiger charge is -2.20. The summed E-state index contributed by atoms with van der Waals surface area (Å²) in [6.07, 6.45) is 2.83. The van der Waals surface area contributed by atoms with E-state index >= 15 is 0 Å². The highest BCUT2D eigenvalue weighted by atomic mass is 19.3. The van der Waals surface area contributed by atoms with Crippen molar-refractivity contribution in [3.05, 3.63) is 60.2 Å². The van der Waals surface area contributed by atoms with Crippen molar-refractivity contribution in [1.29, 1.82) is 5.26 Å². The molecule has 0 aliphatic carbocycles. The number of nitriles is 1. The predicted molar refractivity (Wildman–Crippen MR) is 102 cm³/mol. The molecular formula is C21H20F2N2O3. The summed E-state index contributed by atoms with van der Waals surface area (Å²) in [5.74, 6) is 0.269. The van der Waals surface area contributed by atoms with Crippen molar-refractivity contribution < 1.29 is 23.0 Å². The number of para-hydroxylation sites is 1. The minimum atomic E-state index is -2.96. The monoisotopic (exact) mass is 386 g/mol. The van der Waals surface area contributed by atoms with Gasteiger partial charge >= 0.3 is 6.61 Å². The van der Waals surface area contributed by atoms with Gasteiger partial charge in [0.25, 0.3) is 5.91 Å². The number of hydrogen-bond acceptors (Lipinski definition) is 4. The Morgan fingerprint density at radius 1 is 1.21 bits per heavy atom. The van der Waals surface area contributed by atoms with Crippen molar-refractivity contribution in [2.45, 2.75) is 20.0 Å². The molecule has 0 aromatic heterocycles. The van der Waals surface area contributed by atoms with Crippen LogP contribution in [0.25, 0.3) is 6.08 Å². The van der Waals surface area contributed by atoms with Gasteiger partial charge in [0.15, 0.2) is 0 Å². The lowest BCUT2D eigenvalue weighted by atomic mass is 10.2. The molecule has 0 saturated carbocycles. The first-order valence-corrected chi connectivity index (χ1v) is 8.68. The zero-order valence-electron chi connectivity index (χ0n) is 15.3. The predicted octanol–water partition coefficient (Wildman–Crippen LogP) is 4.65. The molecule has 0 saturated heterocycles. The highest BCUT2D eigenvalue weighted by Crippen LogP contribution is 2.23. The Morgan fingerprint density at radius 2 is 1.93 bits per heavy atom. The van der Waals surface area contributed by atoms with E-state index in [2.05, 4.69) is 4.74 Å². The van der Waals surface area contributed by atoms with E-state index in [1.165, 1.54) is 23.1 Å². The molecule has 0 N–H and O–H groups in total. The van der Waals surface area contributed by atoms with Gasteiger partial charge in [-0.25, -0.2) is 0 Å². The van der Waals surface area contributed by atoms with Crippen LogP contribution >= 0.6 is 0 Å². The quantitative estimate of drug-likeness (QED) is 0.589. The first kappa shape index (κ1) is 20.9. The summed E-state index contributed by atoms with van der Waals surface area (Å²) in [7, 11) is 0. The molecule has 5 nitrogen and oxygen atoms in total. The molecule has 0 aliphatic rings. The minimum absolute atomic E-state index is 0.0220. The van der Waals surface area contributed by atoms with Crippen molar-refractivity contribution in [3.8, 4) is 17.6 Å². The minimum Gasteiger partial charge on any atom is -0.494 e. The van der Waals surface area contributed by atoms with Gasteiger partial charge in [-0.1, -0.05) is 18.2 Å². The van der Waals surface area contributed by atoms with Crippen LogP contribution in [0.3, 0.4) is 0 Å². The average Bonchev–Trinajstić information content (AvgIpc) is 2.68. The van der Waals surface area contributed by atoms with Crippen LogP contribution in [0, 0.1) is 11.3 Å². The maximum Gasteiger partial charge on any atom is 0.387 e. The van der Waals surface area contributed by atoms with Crippen LogP contribution in [0.2, 0.25) is 0 Å². The molecule has 28 heavy (non-hydrogen) atoms. The second kappa shape index (κ2) is 10.7. The van der Waals surface area contributed by atoms with Gasteiger partial charge < -0.3 is 14.4 Å². The first-order valence-electron chi connectivity index (χ1n) is 8.68. The Labute approximate surface area is 162 Å². The fourth-order valence-electron chi connectivity index (χ4n) is 2.49. The number of alkyl halides is 2. The number of hydrogen-bond donors (Lipinski definition) is 0. The van der Waals surface area contributed by atoms with Gasteiger partial charge in [-0.15, -0.1) is 0 Å². The number of carbonyl (C=O) groups excluding carboxylic acids is 1. The van der Waals surface area contributed by atoms with Crippen molar-refractivity contribution in [1.82, 2.24) is 0 Å². The van der Waals surface area contributed by atoms with E-state index in [4.69, 9.17) is 10.00 Å². The largest absolute Gasteiger partial charge is 0.494 e. The van der Waals surface area contributed by atoms with Crippen LogP contribution in [-0.2, 0) is 4.79 Å². The number of anilines is 1. The van der Waals surface area contributed by atoms with Crippen molar-refractivity contribution >= 4 is 17.7 Å².